The van der Waals surface area contributed by atoms with Gasteiger partial charge in [-0.2, -0.15) is 0 Å². The Bertz CT molecular complexity index is 1230. The number of halogens is 1. The van der Waals surface area contributed by atoms with Crippen molar-refractivity contribution in [2.45, 2.75) is 22.3 Å². The van der Waals surface area contributed by atoms with Gasteiger partial charge in [0.05, 0.1) is 21.5 Å². The van der Waals surface area contributed by atoms with Gasteiger partial charge in [-0.05, 0) is 66.6 Å². The monoisotopic (exact) mass is 487 g/mol. The minimum atomic E-state index is -3.80. The molecule has 5 N–H and O–H groups in total. The quantitative estimate of drug-likeness (QED) is 0.326. The third-order valence-electron chi connectivity index (χ3n) is 5.23. The maximum absolute atomic E-state index is 13.0. The molecule has 0 aliphatic heterocycles. The van der Waals surface area contributed by atoms with Gasteiger partial charge in [0.2, 0.25) is 9.84 Å². The second kappa shape index (κ2) is 10.8. The van der Waals surface area contributed by atoms with Crippen molar-refractivity contribution in [2.24, 2.45) is 5.73 Å². The van der Waals surface area contributed by atoms with Gasteiger partial charge >= 0.3 is 0 Å². The van der Waals surface area contributed by atoms with Crippen LogP contribution in [0.15, 0.2) is 76.5 Å². The van der Waals surface area contributed by atoms with E-state index in [0.717, 1.165) is 11.1 Å². The summed E-state index contributed by atoms with van der Waals surface area (Å²) in [5.41, 5.74) is 7.64. The lowest BCUT2D eigenvalue weighted by atomic mass is 10.1. The van der Waals surface area contributed by atoms with E-state index in [1.807, 2.05) is 6.07 Å². The van der Waals surface area contributed by atoms with E-state index in [1.165, 1.54) is 18.2 Å². The fourth-order valence-corrected chi connectivity index (χ4v) is 4.87. The molecule has 33 heavy (non-hydrogen) atoms. The van der Waals surface area contributed by atoms with E-state index in [0.29, 0.717) is 30.2 Å². The van der Waals surface area contributed by atoms with Crippen LogP contribution in [0, 0.1) is 0 Å². The Kier molecular flexibility index (Phi) is 8.10. The number of aliphatic hydroxyl groups is 1. The highest BCUT2D eigenvalue weighted by atomic mass is 35.5. The predicted octanol–water partition coefficient (Wildman–Crippen LogP) is 3.18. The van der Waals surface area contributed by atoms with Gasteiger partial charge in [-0.25, -0.2) is 8.42 Å². The predicted molar refractivity (Wildman–Crippen MR) is 129 cm³/mol. The van der Waals surface area contributed by atoms with Crippen LogP contribution in [-0.4, -0.2) is 39.6 Å². The van der Waals surface area contributed by atoms with Gasteiger partial charge in [0.1, 0.15) is 0 Å². The van der Waals surface area contributed by atoms with Crippen molar-refractivity contribution >= 4 is 33.0 Å². The molecule has 174 valence electrons. The van der Waals surface area contributed by atoms with Crippen LogP contribution in [0.25, 0.3) is 0 Å². The van der Waals surface area contributed by atoms with Gasteiger partial charge in [-0.15, -0.1) is 0 Å². The number of amides is 1. The molecule has 0 aliphatic carbocycles. The molecule has 0 heterocycles. The average Bonchev–Trinajstić information content (AvgIpc) is 2.81. The summed E-state index contributed by atoms with van der Waals surface area (Å²) in [7, 11) is -2.18. The molecule has 3 rings (SSSR count). The third-order valence-corrected chi connectivity index (χ3v) is 7.23. The second-order valence-corrected chi connectivity index (χ2v) is 9.88. The van der Waals surface area contributed by atoms with E-state index in [4.69, 9.17) is 17.3 Å². The summed E-state index contributed by atoms with van der Waals surface area (Å²) in [5.74, 6) is -0.709. The van der Waals surface area contributed by atoms with Gasteiger partial charge in [0.15, 0.2) is 0 Å². The number of primary amides is 1. The fraction of sp³-hybridized carbons (Fsp3) is 0.208. The van der Waals surface area contributed by atoms with Gasteiger partial charge in [-0.1, -0.05) is 35.9 Å². The molecule has 0 aromatic heterocycles. The van der Waals surface area contributed by atoms with Gasteiger partial charge in [0.25, 0.3) is 5.91 Å². The van der Waals surface area contributed by atoms with Crippen molar-refractivity contribution in [3.05, 3.63) is 88.4 Å². The lowest BCUT2D eigenvalue weighted by Crippen LogP contribution is -2.23. The number of carbonyl (C=O) groups is 1. The normalized spacial score (nSPS) is 12.3. The van der Waals surface area contributed by atoms with Gasteiger partial charge in [-0.3, -0.25) is 4.79 Å². The minimum Gasteiger partial charge on any atom is -0.387 e. The van der Waals surface area contributed by atoms with Crippen molar-refractivity contribution in [1.29, 1.82) is 0 Å². The summed E-state index contributed by atoms with van der Waals surface area (Å²) in [6.07, 6.45) is -0.0125. The van der Waals surface area contributed by atoms with Crippen molar-refractivity contribution in [3.63, 3.8) is 0 Å². The number of carbonyl (C=O) groups excluding carboxylic acids is 1. The van der Waals surface area contributed by atoms with Crippen LogP contribution in [0.2, 0.25) is 5.02 Å². The summed E-state index contributed by atoms with van der Waals surface area (Å²) in [6, 6.07) is 17.9. The number of anilines is 1. The van der Waals surface area contributed by atoms with Crippen molar-refractivity contribution in [1.82, 2.24) is 5.32 Å². The Hall–Kier alpha value is -2.91. The molecular formula is C24H26ClN3O4S. The first kappa shape index (κ1) is 24.7. The van der Waals surface area contributed by atoms with Crippen LogP contribution < -0.4 is 16.4 Å². The van der Waals surface area contributed by atoms with E-state index in [9.17, 15) is 18.3 Å². The van der Waals surface area contributed by atoms with Crippen molar-refractivity contribution in [2.75, 3.05) is 25.5 Å². The van der Waals surface area contributed by atoms with E-state index in [1.54, 1.807) is 49.5 Å². The Labute approximate surface area is 198 Å². The first-order valence-electron chi connectivity index (χ1n) is 10.3. The highest BCUT2D eigenvalue weighted by molar-refractivity contribution is 7.91. The zero-order chi connectivity index (χ0) is 24.0. The Balaban J connectivity index is 1.61. The summed E-state index contributed by atoms with van der Waals surface area (Å²) in [5, 5.41) is 16.8. The van der Waals surface area contributed by atoms with Crippen LogP contribution >= 0.6 is 11.6 Å². The number of sulfone groups is 1. The molecule has 3 aromatic rings. The third kappa shape index (κ3) is 6.11. The first-order chi connectivity index (χ1) is 15.7. The van der Waals surface area contributed by atoms with E-state index in [2.05, 4.69) is 10.6 Å². The lowest BCUT2D eigenvalue weighted by molar-refractivity contribution is 0.100. The standard InChI is InChI=1S/C24H26ClN3O4S/c1-27-22-10-9-20(14-21(22)24(26)30)33(31,32)19-7-5-16(6-8-19)11-12-28-15-23(29)17-3-2-4-18(25)13-17/h2-10,13-14,23,27-29H,11-12,15H2,1H3,(H2,26,30)/t23-/m1/s1. The zero-order valence-corrected chi connectivity index (χ0v) is 19.7. The molecule has 0 saturated heterocycles. The van der Waals surface area contributed by atoms with Crippen LogP contribution in [-0.2, 0) is 16.3 Å². The number of nitrogens with one attached hydrogen (secondary N) is 2. The molecule has 0 spiro atoms. The van der Waals surface area contributed by atoms with Gasteiger partial charge in [0, 0.05) is 24.3 Å². The van der Waals surface area contributed by atoms with Crippen molar-refractivity contribution in [3.8, 4) is 0 Å². The topological polar surface area (TPSA) is 122 Å². The number of benzene rings is 3. The van der Waals surface area contributed by atoms with Crippen LogP contribution in [0.5, 0.6) is 0 Å². The molecule has 3 aromatic carbocycles. The SMILES string of the molecule is CNc1ccc(S(=O)(=O)c2ccc(CCNC[C@@H](O)c3cccc(Cl)c3)cc2)cc1C(N)=O. The molecule has 0 bridgehead atoms. The van der Waals surface area contributed by atoms with E-state index >= 15 is 0 Å². The van der Waals surface area contributed by atoms with Crippen molar-refractivity contribution < 1.29 is 18.3 Å². The van der Waals surface area contributed by atoms with Crippen LogP contribution in [0.4, 0.5) is 5.69 Å². The number of nitrogens with two attached hydrogens (primary N) is 1. The average molecular weight is 488 g/mol. The minimum absolute atomic E-state index is 0.000260. The second-order valence-electron chi connectivity index (χ2n) is 7.49. The molecule has 0 saturated carbocycles. The smallest absolute Gasteiger partial charge is 0.250 e. The highest BCUT2D eigenvalue weighted by Gasteiger charge is 2.20. The molecule has 0 aliphatic rings. The van der Waals surface area contributed by atoms with E-state index in [-0.39, 0.29) is 15.4 Å². The number of aliphatic hydroxyl groups excluding tert-OH is 1. The summed E-state index contributed by atoms with van der Waals surface area (Å²) >= 11 is 5.95. The Morgan fingerprint density at radius 2 is 1.76 bits per heavy atom. The van der Waals surface area contributed by atoms with Gasteiger partial charge < -0.3 is 21.5 Å². The number of hydrogen-bond acceptors (Lipinski definition) is 6. The largest absolute Gasteiger partial charge is 0.387 e. The lowest BCUT2D eigenvalue weighted by Gasteiger charge is -2.13. The molecule has 1 atom stereocenters. The molecule has 7 nitrogen and oxygen atoms in total. The number of rotatable bonds is 10. The molecule has 9 heteroatoms. The summed E-state index contributed by atoms with van der Waals surface area (Å²) in [4.78, 5) is 11.8. The molecule has 1 amide bonds. The first-order valence-corrected chi connectivity index (χ1v) is 12.2. The maximum atomic E-state index is 13.0. The Morgan fingerprint density at radius 3 is 2.39 bits per heavy atom. The summed E-state index contributed by atoms with van der Waals surface area (Å²) < 4.78 is 26.0. The molecule has 0 fully saturated rings. The summed E-state index contributed by atoms with van der Waals surface area (Å²) in [6.45, 7) is 0.981. The Morgan fingerprint density at radius 1 is 1.06 bits per heavy atom. The highest BCUT2D eigenvalue weighted by Crippen LogP contribution is 2.25. The van der Waals surface area contributed by atoms with Crippen LogP contribution in [0.3, 0.4) is 0 Å². The fourth-order valence-electron chi connectivity index (χ4n) is 3.39. The molecular weight excluding hydrogens is 462 g/mol. The van der Waals surface area contributed by atoms with E-state index < -0.39 is 21.8 Å². The maximum Gasteiger partial charge on any atom is 0.250 e. The molecule has 0 unspecified atom stereocenters. The van der Waals surface area contributed by atoms with Crippen LogP contribution in [0.1, 0.15) is 27.6 Å². The molecule has 0 radical (unpaired) electrons. The zero-order valence-electron chi connectivity index (χ0n) is 18.1. The number of hydrogen-bond donors (Lipinski definition) is 4.